The molecule has 0 saturated heterocycles. The number of carbonyl (C=O) groups is 1. The highest BCUT2D eigenvalue weighted by Crippen LogP contribution is 2.30. The lowest BCUT2D eigenvalue weighted by Crippen LogP contribution is -2.44. The number of rotatable bonds is 6. The van der Waals surface area contributed by atoms with Gasteiger partial charge in [-0.2, -0.15) is 0 Å². The fourth-order valence-electron chi connectivity index (χ4n) is 4.79. The van der Waals surface area contributed by atoms with Crippen LogP contribution in [0.1, 0.15) is 55.2 Å². The summed E-state index contributed by atoms with van der Waals surface area (Å²) in [6, 6.07) is 18.9. The molecule has 4 nitrogen and oxygen atoms in total. The molecule has 4 heteroatoms. The summed E-state index contributed by atoms with van der Waals surface area (Å²) in [6.45, 7) is 1.17. The van der Waals surface area contributed by atoms with Crippen molar-refractivity contribution >= 4 is 6.09 Å². The molecule has 2 aliphatic rings. The maximum absolute atomic E-state index is 13.0. The van der Waals surface area contributed by atoms with Crippen molar-refractivity contribution in [2.45, 2.75) is 64.0 Å². The predicted molar refractivity (Wildman–Crippen MR) is 117 cm³/mol. The first-order valence-electron chi connectivity index (χ1n) is 10.8. The molecule has 29 heavy (non-hydrogen) atoms. The van der Waals surface area contributed by atoms with Gasteiger partial charge >= 0.3 is 6.09 Å². The molecule has 0 radical (unpaired) electrons. The number of nitrogens with zero attached hydrogens (tertiary/aromatic N) is 1. The van der Waals surface area contributed by atoms with E-state index in [2.05, 4.69) is 24.3 Å². The van der Waals surface area contributed by atoms with Gasteiger partial charge in [-0.05, 0) is 48.3 Å². The van der Waals surface area contributed by atoms with Gasteiger partial charge in [0.05, 0.1) is 0 Å². The van der Waals surface area contributed by atoms with E-state index < -0.39 is 0 Å². The normalized spacial score (nSPS) is 18.6. The average Bonchev–Trinajstić information content (AvgIpc) is 3.27. The summed E-state index contributed by atoms with van der Waals surface area (Å²) in [5.41, 5.74) is 3.87. The van der Waals surface area contributed by atoms with E-state index in [1.807, 2.05) is 35.2 Å². The molecule has 3 N–H and O–H groups in total. The number of hydrogen-bond acceptors (Lipinski definition) is 3. The maximum Gasteiger partial charge on any atom is 0.410 e. The molecular weight excluding hydrogens is 360 g/mol. The first-order valence-corrected chi connectivity index (χ1v) is 10.8. The van der Waals surface area contributed by atoms with Gasteiger partial charge in [0, 0.05) is 12.6 Å². The van der Waals surface area contributed by atoms with E-state index in [9.17, 15) is 4.79 Å². The quantitative estimate of drug-likeness (QED) is 0.661. The first kappa shape index (κ1) is 21.4. The molecule has 1 saturated carbocycles. The minimum absolute atomic E-state index is 0. The number of fused-ring (bicyclic) bond motifs is 1. The average molecular weight is 395 g/mol. The van der Waals surface area contributed by atoms with E-state index in [1.54, 1.807) is 0 Å². The second-order valence-corrected chi connectivity index (χ2v) is 8.34. The van der Waals surface area contributed by atoms with Crippen LogP contribution in [0.5, 0.6) is 0 Å². The highest BCUT2D eigenvalue weighted by Gasteiger charge is 2.29. The van der Waals surface area contributed by atoms with Crippen molar-refractivity contribution in [3.05, 3.63) is 71.3 Å². The van der Waals surface area contributed by atoms with Crippen molar-refractivity contribution in [3.8, 4) is 0 Å². The van der Waals surface area contributed by atoms with Crippen LogP contribution in [-0.4, -0.2) is 23.6 Å². The Morgan fingerprint density at radius 3 is 2.38 bits per heavy atom. The van der Waals surface area contributed by atoms with E-state index in [0.717, 1.165) is 43.7 Å². The molecule has 0 spiro atoms. The van der Waals surface area contributed by atoms with Crippen LogP contribution in [-0.2, 0) is 24.2 Å². The number of aryl methyl sites for hydroxylation is 1. The minimum Gasteiger partial charge on any atom is -0.445 e. The lowest BCUT2D eigenvalue weighted by atomic mass is 9.87. The second kappa shape index (κ2) is 10.4. The van der Waals surface area contributed by atoms with Gasteiger partial charge in [-0.3, -0.25) is 0 Å². The molecule has 2 aliphatic carbocycles. The Morgan fingerprint density at radius 1 is 0.931 bits per heavy atom. The Bertz CT molecular complexity index is 771. The summed E-state index contributed by atoms with van der Waals surface area (Å²) in [5, 5.41) is 0. The van der Waals surface area contributed by atoms with Gasteiger partial charge in [0.15, 0.2) is 0 Å². The Morgan fingerprint density at radius 2 is 1.62 bits per heavy atom. The third-order valence-corrected chi connectivity index (χ3v) is 6.45. The topological polar surface area (TPSA) is 64.5 Å². The maximum atomic E-state index is 13.0. The number of ether oxygens (including phenoxy) is 1. The van der Waals surface area contributed by atoms with Gasteiger partial charge in [-0.15, -0.1) is 0 Å². The van der Waals surface area contributed by atoms with Crippen LogP contribution in [0.15, 0.2) is 54.6 Å². The molecule has 156 valence electrons. The molecule has 0 aromatic heterocycles. The van der Waals surface area contributed by atoms with E-state index in [0.29, 0.717) is 6.61 Å². The van der Waals surface area contributed by atoms with Crippen LogP contribution >= 0.6 is 0 Å². The molecule has 1 unspecified atom stereocenters. The van der Waals surface area contributed by atoms with Crippen LogP contribution in [0.4, 0.5) is 4.79 Å². The van der Waals surface area contributed by atoms with Crippen LogP contribution in [0.25, 0.3) is 0 Å². The molecule has 4 rings (SSSR count). The molecule has 1 amide bonds. The van der Waals surface area contributed by atoms with Crippen molar-refractivity contribution in [1.29, 1.82) is 0 Å². The third-order valence-electron chi connectivity index (χ3n) is 6.45. The SMILES string of the molecule is N.O=C(OCc1ccccc1)N(CCC1CCCC1)C1CCc2ccccc2C1. The van der Waals surface area contributed by atoms with Gasteiger partial charge in [-0.25, -0.2) is 4.79 Å². The summed E-state index contributed by atoms with van der Waals surface area (Å²) in [7, 11) is 0. The van der Waals surface area contributed by atoms with Crippen molar-refractivity contribution in [3.63, 3.8) is 0 Å². The van der Waals surface area contributed by atoms with Crippen molar-refractivity contribution < 1.29 is 9.53 Å². The monoisotopic (exact) mass is 394 g/mol. The highest BCUT2D eigenvalue weighted by molar-refractivity contribution is 5.68. The zero-order chi connectivity index (χ0) is 19.2. The van der Waals surface area contributed by atoms with Gasteiger partial charge in [0.1, 0.15) is 6.61 Å². The fourth-order valence-corrected chi connectivity index (χ4v) is 4.79. The molecule has 1 fully saturated rings. The van der Waals surface area contributed by atoms with E-state index in [4.69, 9.17) is 4.74 Å². The lowest BCUT2D eigenvalue weighted by molar-refractivity contribution is 0.0745. The molecule has 1 atom stereocenters. The van der Waals surface area contributed by atoms with Gasteiger partial charge in [0.2, 0.25) is 0 Å². The zero-order valence-corrected chi connectivity index (χ0v) is 17.4. The largest absolute Gasteiger partial charge is 0.445 e. The van der Waals surface area contributed by atoms with Crippen LogP contribution in [0.3, 0.4) is 0 Å². The minimum atomic E-state index is -0.147. The summed E-state index contributed by atoms with van der Waals surface area (Å²) >= 11 is 0. The second-order valence-electron chi connectivity index (χ2n) is 8.34. The van der Waals surface area contributed by atoms with Gasteiger partial charge in [-0.1, -0.05) is 80.3 Å². The number of hydrogen-bond donors (Lipinski definition) is 1. The van der Waals surface area contributed by atoms with Crippen molar-refractivity contribution in [2.75, 3.05) is 6.54 Å². The number of benzene rings is 2. The molecule has 2 aromatic carbocycles. The lowest BCUT2D eigenvalue weighted by Gasteiger charge is -2.35. The smallest absolute Gasteiger partial charge is 0.410 e. The van der Waals surface area contributed by atoms with Crippen molar-refractivity contribution in [2.24, 2.45) is 5.92 Å². The van der Waals surface area contributed by atoms with Crippen LogP contribution in [0, 0.1) is 5.92 Å². The van der Waals surface area contributed by atoms with Crippen LogP contribution in [0.2, 0.25) is 0 Å². The summed E-state index contributed by atoms with van der Waals surface area (Å²) in [6.07, 6.45) is 9.32. The molecule has 2 aromatic rings. The Kier molecular flexibility index (Phi) is 7.70. The highest BCUT2D eigenvalue weighted by atomic mass is 16.6. The fraction of sp³-hybridized carbons (Fsp3) is 0.480. The van der Waals surface area contributed by atoms with E-state index in [-0.39, 0.29) is 18.3 Å². The third kappa shape index (κ3) is 5.60. The van der Waals surface area contributed by atoms with E-state index >= 15 is 0 Å². The first-order chi connectivity index (χ1) is 13.8. The standard InChI is InChI=1S/C25H31NO2.H3N/c27-25(28-19-21-10-2-1-3-11-21)26(17-16-20-8-4-5-9-20)24-15-14-22-12-6-7-13-23(22)18-24;/h1-3,6-7,10-13,20,24H,4-5,8-9,14-19H2;1H3. The Labute approximate surface area is 174 Å². The predicted octanol–water partition coefficient (Wildman–Crippen LogP) is 5.93. The Balaban J connectivity index is 0.00000240. The summed E-state index contributed by atoms with van der Waals surface area (Å²) in [5.74, 6) is 0.778. The van der Waals surface area contributed by atoms with Crippen molar-refractivity contribution in [1.82, 2.24) is 11.1 Å². The number of carbonyl (C=O) groups excluding carboxylic acids is 1. The van der Waals surface area contributed by atoms with E-state index in [1.165, 1.54) is 36.8 Å². The zero-order valence-electron chi connectivity index (χ0n) is 17.4. The van der Waals surface area contributed by atoms with Crippen LogP contribution < -0.4 is 6.15 Å². The molecule has 0 heterocycles. The van der Waals surface area contributed by atoms with Gasteiger partial charge < -0.3 is 15.8 Å². The van der Waals surface area contributed by atoms with Gasteiger partial charge in [0.25, 0.3) is 0 Å². The summed E-state index contributed by atoms with van der Waals surface area (Å²) < 4.78 is 5.73. The molecule has 0 aliphatic heterocycles. The summed E-state index contributed by atoms with van der Waals surface area (Å²) in [4.78, 5) is 15.1. The number of amides is 1. The molecule has 0 bridgehead atoms. The Hall–Kier alpha value is -2.33. The molecular formula is C25H34N2O2.